The highest BCUT2D eigenvalue weighted by Gasteiger charge is 2.22. The van der Waals surface area contributed by atoms with Gasteiger partial charge in [-0.3, -0.25) is 0 Å². The van der Waals surface area contributed by atoms with Gasteiger partial charge in [-0.25, -0.2) is 9.18 Å². The average Bonchev–Trinajstić information content (AvgIpc) is 2.60. The summed E-state index contributed by atoms with van der Waals surface area (Å²) in [5.41, 5.74) is 2.68. The molecular formula is C19H16FNO3. The van der Waals surface area contributed by atoms with Crippen molar-refractivity contribution in [2.24, 2.45) is 0 Å². The molecule has 0 saturated heterocycles. The Morgan fingerprint density at radius 1 is 1.21 bits per heavy atom. The molecule has 0 amide bonds. The van der Waals surface area contributed by atoms with Crippen molar-refractivity contribution < 1.29 is 13.5 Å². The second kappa shape index (κ2) is 5.67. The minimum atomic E-state index is -0.365. The standard InChI is InChI=1S/C19H16FNO3/c1-2-12-8-18(22)24-19-15(12)6-7-17-16(19)10-21(11-23-17)14-5-3-4-13(20)9-14/h3-9H,2,10-11H2,1H3. The molecule has 2 aromatic carbocycles. The van der Waals surface area contributed by atoms with Crippen molar-refractivity contribution in [3.05, 3.63) is 69.8 Å². The van der Waals surface area contributed by atoms with Gasteiger partial charge in [0.1, 0.15) is 17.1 Å². The SMILES string of the molecule is CCc1cc(=O)oc2c3c(ccc12)OCN(c1cccc(F)c1)C3. The summed E-state index contributed by atoms with van der Waals surface area (Å²) < 4.78 is 24.8. The molecule has 24 heavy (non-hydrogen) atoms. The van der Waals surface area contributed by atoms with Gasteiger partial charge in [0.15, 0.2) is 6.73 Å². The second-order valence-corrected chi connectivity index (χ2v) is 5.81. The summed E-state index contributed by atoms with van der Waals surface area (Å²) in [7, 11) is 0. The van der Waals surface area contributed by atoms with Crippen molar-refractivity contribution in [2.45, 2.75) is 19.9 Å². The van der Waals surface area contributed by atoms with E-state index in [0.717, 1.165) is 28.6 Å². The topological polar surface area (TPSA) is 42.7 Å². The van der Waals surface area contributed by atoms with Crippen LogP contribution >= 0.6 is 0 Å². The van der Waals surface area contributed by atoms with Gasteiger partial charge in [-0.05, 0) is 42.3 Å². The molecule has 1 aliphatic heterocycles. The van der Waals surface area contributed by atoms with Crippen LogP contribution < -0.4 is 15.3 Å². The van der Waals surface area contributed by atoms with Crippen LogP contribution in [0.15, 0.2) is 51.7 Å². The van der Waals surface area contributed by atoms with Gasteiger partial charge in [-0.1, -0.05) is 13.0 Å². The lowest BCUT2D eigenvalue weighted by Gasteiger charge is -2.31. The molecule has 0 radical (unpaired) electrons. The van der Waals surface area contributed by atoms with Gasteiger partial charge >= 0.3 is 5.63 Å². The van der Waals surface area contributed by atoms with Crippen molar-refractivity contribution in [1.82, 2.24) is 0 Å². The van der Waals surface area contributed by atoms with E-state index in [2.05, 4.69) is 0 Å². The summed E-state index contributed by atoms with van der Waals surface area (Å²) in [5.74, 6) is 0.405. The van der Waals surface area contributed by atoms with E-state index < -0.39 is 0 Å². The van der Waals surface area contributed by atoms with Crippen LogP contribution in [-0.2, 0) is 13.0 Å². The maximum atomic E-state index is 13.5. The molecule has 0 fully saturated rings. The largest absolute Gasteiger partial charge is 0.473 e. The molecular weight excluding hydrogens is 309 g/mol. The highest BCUT2D eigenvalue weighted by molar-refractivity contribution is 5.85. The summed E-state index contributed by atoms with van der Waals surface area (Å²) >= 11 is 0. The number of nitrogens with zero attached hydrogens (tertiary/aromatic N) is 1. The van der Waals surface area contributed by atoms with Crippen LogP contribution in [0.1, 0.15) is 18.1 Å². The first-order valence-electron chi connectivity index (χ1n) is 7.87. The summed E-state index contributed by atoms with van der Waals surface area (Å²) in [6.45, 7) is 2.81. The smallest absolute Gasteiger partial charge is 0.336 e. The van der Waals surface area contributed by atoms with Gasteiger partial charge in [-0.15, -0.1) is 0 Å². The predicted molar refractivity (Wildman–Crippen MR) is 89.9 cm³/mol. The molecule has 0 aliphatic carbocycles. The van der Waals surface area contributed by atoms with Crippen LogP contribution in [-0.4, -0.2) is 6.73 Å². The normalized spacial score (nSPS) is 13.7. The van der Waals surface area contributed by atoms with Gasteiger partial charge < -0.3 is 14.1 Å². The fraction of sp³-hybridized carbons (Fsp3) is 0.211. The number of halogens is 1. The van der Waals surface area contributed by atoms with Crippen LogP contribution in [0.25, 0.3) is 11.0 Å². The Bertz CT molecular complexity index is 980. The molecule has 4 nitrogen and oxygen atoms in total. The molecule has 3 aromatic rings. The first-order chi connectivity index (χ1) is 11.7. The van der Waals surface area contributed by atoms with Crippen LogP contribution in [0.3, 0.4) is 0 Å². The minimum absolute atomic E-state index is 0.295. The van der Waals surface area contributed by atoms with Crippen molar-refractivity contribution >= 4 is 16.7 Å². The number of benzene rings is 2. The van der Waals surface area contributed by atoms with Gasteiger partial charge in [0.25, 0.3) is 0 Å². The van der Waals surface area contributed by atoms with Gasteiger partial charge in [0, 0.05) is 17.1 Å². The van der Waals surface area contributed by atoms with E-state index in [1.54, 1.807) is 6.07 Å². The number of rotatable bonds is 2. The number of aryl methyl sites for hydroxylation is 1. The van der Waals surface area contributed by atoms with Crippen molar-refractivity contribution in [3.8, 4) is 5.75 Å². The first-order valence-corrected chi connectivity index (χ1v) is 7.87. The Morgan fingerprint density at radius 3 is 2.88 bits per heavy atom. The molecule has 0 bridgehead atoms. The Morgan fingerprint density at radius 2 is 2.08 bits per heavy atom. The van der Waals surface area contributed by atoms with Crippen molar-refractivity contribution in [1.29, 1.82) is 0 Å². The Labute approximate surface area is 138 Å². The third kappa shape index (κ3) is 2.42. The summed E-state index contributed by atoms with van der Waals surface area (Å²) in [6.07, 6.45) is 0.745. The quantitative estimate of drug-likeness (QED) is 0.671. The zero-order valence-electron chi connectivity index (χ0n) is 13.2. The highest BCUT2D eigenvalue weighted by atomic mass is 19.1. The molecule has 0 spiro atoms. The van der Waals surface area contributed by atoms with E-state index >= 15 is 0 Å². The van der Waals surface area contributed by atoms with Crippen LogP contribution in [0.4, 0.5) is 10.1 Å². The molecule has 122 valence electrons. The molecule has 1 aliphatic rings. The zero-order chi connectivity index (χ0) is 16.7. The molecule has 1 aromatic heterocycles. The molecule has 0 unspecified atom stereocenters. The van der Waals surface area contributed by atoms with Crippen molar-refractivity contribution in [2.75, 3.05) is 11.6 Å². The van der Waals surface area contributed by atoms with E-state index in [1.807, 2.05) is 30.0 Å². The maximum absolute atomic E-state index is 13.5. The van der Waals surface area contributed by atoms with E-state index in [1.165, 1.54) is 18.2 Å². The number of anilines is 1. The van der Waals surface area contributed by atoms with E-state index in [0.29, 0.717) is 24.6 Å². The lowest BCUT2D eigenvalue weighted by molar-refractivity contribution is 0.289. The van der Waals surface area contributed by atoms with E-state index in [9.17, 15) is 9.18 Å². The van der Waals surface area contributed by atoms with Gasteiger partial charge in [-0.2, -0.15) is 0 Å². The van der Waals surface area contributed by atoms with E-state index in [-0.39, 0.29) is 11.4 Å². The molecule has 5 heteroatoms. The minimum Gasteiger partial charge on any atom is -0.473 e. The second-order valence-electron chi connectivity index (χ2n) is 5.81. The van der Waals surface area contributed by atoms with Gasteiger partial charge in [0.05, 0.1) is 12.1 Å². The highest BCUT2D eigenvalue weighted by Crippen LogP contribution is 2.34. The third-order valence-corrected chi connectivity index (χ3v) is 4.34. The Balaban J connectivity index is 1.84. The predicted octanol–water partition coefficient (Wildman–Crippen LogP) is 3.85. The molecule has 2 heterocycles. The van der Waals surface area contributed by atoms with Crippen LogP contribution in [0, 0.1) is 5.82 Å². The molecule has 4 rings (SSSR count). The molecule has 0 N–H and O–H groups in total. The molecule has 0 atom stereocenters. The maximum Gasteiger partial charge on any atom is 0.336 e. The number of fused-ring (bicyclic) bond motifs is 3. The first kappa shape index (κ1) is 14.8. The fourth-order valence-electron chi connectivity index (χ4n) is 3.13. The third-order valence-electron chi connectivity index (χ3n) is 4.34. The lowest BCUT2D eigenvalue weighted by atomic mass is 10.0. The summed E-state index contributed by atoms with van der Waals surface area (Å²) in [6, 6.07) is 11.7. The lowest BCUT2D eigenvalue weighted by Crippen LogP contribution is -2.32. The number of hydrogen-bond acceptors (Lipinski definition) is 4. The van der Waals surface area contributed by atoms with E-state index in [4.69, 9.17) is 9.15 Å². The average molecular weight is 325 g/mol. The number of ether oxygens (including phenoxy) is 1. The number of hydrogen-bond donors (Lipinski definition) is 0. The Hall–Kier alpha value is -2.82. The van der Waals surface area contributed by atoms with Gasteiger partial charge in [0.2, 0.25) is 0 Å². The molecule has 0 saturated carbocycles. The summed E-state index contributed by atoms with van der Waals surface area (Å²) in [5, 5.41) is 0.917. The van der Waals surface area contributed by atoms with Crippen molar-refractivity contribution in [3.63, 3.8) is 0 Å². The summed E-state index contributed by atoms with van der Waals surface area (Å²) in [4.78, 5) is 13.8. The fourth-order valence-corrected chi connectivity index (χ4v) is 3.13. The Kier molecular flexibility index (Phi) is 3.49. The monoisotopic (exact) mass is 325 g/mol. The van der Waals surface area contributed by atoms with Crippen LogP contribution in [0.5, 0.6) is 5.75 Å². The zero-order valence-corrected chi connectivity index (χ0v) is 13.2. The van der Waals surface area contributed by atoms with Crippen LogP contribution in [0.2, 0.25) is 0 Å².